The van der Waals surface area contributed by atoms with Gasteiger partial charge in [0.2, 0.25) is 0 Å². The highest BCUT2D eigenvalue weighted by atomic mass is 32.2. The zero-order chi connectivity index (χ0) is 14.9. The quantitative estimate of drug-likeness (QED) is 0.943. The summed E-state index contributed by atoms with van der Waals surface area (Å²) in [6.07, 6.45) is 1.23. The highest BCUT2D eigenvalue weighted by Crippen LogP contribution is 2.31. The van der Waals surface area contributed by atoms with Crippen molar-refractivity contribution >= 4 is 21.2 Å². The number of nitrogens with one attached hydrogen (secondary N) is 1. The number of nitrogens with zero attached hydrogens (tertiary/aromatic N) is 1. The largest absolute Gasteiger partial charge is 0.311 e. The summed E-state index contributed by atoms with van der Waals surface area (Å²) in [5.74, 6) is 0. The minimum atomic E-state index is -3.27. The smallest absolute Gasteiger partial charge is 0.176 e. The van der Waals surface area contributed by atoms with Crippen LogP contribution in [0.3, 0.4) is 0 Å². The molecule has 0 saturated heterocycles. The van der Waals surface area contributed by atoms with Crippen molar-refractivity contribution in [3.63, 3.8) is 0 Å². The fourth-order valence-corrected chi connectivity index (χ4v) is 3.66. The number of hydrogen-bond donors (Lipinski definition) is 1. The molecule has 6 heteroatoms. The topological polar surface area (TPSA) is 59.1 Å². The van der Waals surface area contributed by atoms with Crippen molar-refractivity contribution in [3.05, 3.63) is 34.2 Å². The van der Waals surface area contributed by atoms with Crippen molar-refractivity contribution in [3.8, 4) is 11.3 Å². The van der Waals surface area contributed by atoms with Crippen LogP contribution in [0.1, 0.15) is 23.5 Å². The second-order valence-corrected chi connectivity index (χ2v) is 7.73. The molecule has 0 fully saturated rings. The molecule has 108 valence electrons. The Labute approximate surface area is 123 Å². The highest BCUT2D eigenvalue weighted by Gasteiger charge is 2.18. The summed E-state index contributed by atoms with van der Waals surface area (Å²) >= 11 is 1.53. The average molecular weight is 310 g/mol. The lowest BCUT2D eigenvalue weighted by Crippen LogP contribution is -2.11. The number of aromatic nitrogens is 1. The van der Waals surface area contributed by atoms with Crippen molar-refractivity contribution < 1.29 is 8.42 Å². The Bertz CT molecular complexity index is 721. The van der Waals surface area contributed by atoms with Gasteiger partial charge >= 0.3 is 0 Å². The molecule has 0 bridgehead atoms. The van der Waals surface area contributed by atoms with Gasteiger partial charge in [0.1, 0.15) is 5.01 Å². The van der Waals surface area contributed by atoms with E-state index in [0.717, 1.165) is 16.3 Å². The summed E-state index contributed by atoms with van der Waals surface area (Å²) in [5.41, 5.74) is 2.41. The second kappa shape index (κ2) is 5.63. The fourth-order valence-electron chi connectivity index (χ4n) is 1.90. The van der Waals surface area contributed by atoms with Gasteiger partial charge in [0.25, 0.3) is 0 Å². The molecule has 1 aromatic heterocycles. The van der Waals surface area contributed by atoms with E-state index in [4.69, 9.17) is 0 Å². The molecule has 0 saturated carbocycles. The first kappa shape index (κ1) is 15.2. The third-order valence-corrected chi connectivity index (χ3v) is 5.32. The maximum Gasteiger partial charge on any atom is 0.176 e. The Morgan fingerprint density at radius 2 is 2.05 bits per heavy atom. The van der Waals surface area contributed by atoms with Crippen molar-refractivity contribution in [1.29, 1.82) is 0 Å². The number of rotatable bonds is 4. The van der Waals surface area contributed by atoms with Gasteiger partial charge in [0.05, 0.1) is 16.6 Å². The number of benzene rings is 1. The zero-order valence-electron chi connectivity index (χ0n) is 12.0. The molecule has 2 aromatic rings. The second-order valence-electron chi connectivity index (χ2n) is 4.85. The predicted molar refractivity (Wildman–Crippen MR) is 82.9 cm³/mol. The van der Waals surface area contributed by atoms with Crippen LogP contribution in [-0.4, -0.2) is 26.7 Å². The van der Waals surface area contributed by atoms with Gasteiger partial charge in [0.15, 0.2) is 9.84 Å². The van der Waals surface area contributed by atoms with Crippen LogP contribution in [0.4, 0.5) is 0 Å². The van der Waals surface area contributed by atoms with Crippen LogP contribution < -0.4 is 5.32 Å². The number of sulfone groups is 1. The highest BCUT2D eigenvalue weighted by molar-refractivity contribution is 7.90. The lowest BCUT2D eigenvalue weighted by Gasteiger charge is -2.08. The first-order valence-electron chi connectivity index (χ1n) is 6.26. The molecule has 1 N–H and O–H groups in total. The van der Waals surface area contributed by atoms with E-state index in [9.17, 15) is 8.42 Å². The Hall–Kier alpha value is -1.24. The van der Waals surface area contributed by atoms with Crippen LogP contribution in [0.5, 0.6) is 0 Å². The summed E-state index contributed by atoms with van der Waals surface area (Å²) in [5, 5.41) is 5.99. The van der Waals surface area contributed by atoms with Gasteiger partial charge in [-0.25, -0.2) is 13.4 Å². The van der Waals surface area contributed by atoms with Crippen LogP contribution >= 0.6 is 11.3 Å². The van der Waals surface area contributed by atoms with E-state index >= 15 is 0 Å². The molecule has 0 radical (unpaired) electrons. The van der Waals surface area contributed by atoms with E-state index in [0.29, 0.717) is 10.5 Å². The lowest BCUT2D eigenvalue weighted by atomic mass is 10.1. The predicted octanol–water partition coefficient (Wildman–Crippen LogP) is 2.80. The van der Waals surface area contributed by atoms with E-state index in [2.05, 4.69) is 10.3 Å². The number of hydrogen-bond acceptors (Lipinski definition) is 5. The van der Waals surface area contributed by atoms with E-state index in [-0.39, 0.29) is 6.04 Å². The monoisotopic (exact) mass is 310 g/mol. The maximum atomic E-state index is 11.9. The average Bonchev–Trinajstić information content (AvgIpc) is 2.85. The molecule has 4 nitrogen and oxygen atoms in total. The summed E-state index contributed by atoms with van der Waals surface area (Å²) in [4.78, 5) is 4.89. The van der Waals surface area contributed by atoms with Gasteiger partial charge in [0, 0.05) is 17.2 Å². The van der Waals surface area contributed by atoms with Crippen LogP contribution in [0.2, 0.25) is 0 Å². The van der Waals surface area contributed by atoms with E-state index in [1.165, 1.54) is 17.6 Å². The Morgan fingerprint density at radius 1 is 1.35 bits per heavy atom. The van der Waals surface area contributed by atoms with E-state index in [1.54, 1.807) is 6.07 Å². The standard InChI is InChI=1S/C14H18N2O2S2/c1-9-5-6-13(20(4,17)18)11(7-9)12-8-19-14(16-12)10(2)15-3/h5-8,10,15H,1-4H3. The SMILES string of the molecule is CNC(C)c1nc(-c2cc(C)ccc2S(C)(=O)=O)cs1. The van der Waals surface area contributed by atoms with Crippen molar-refractivity contribution in [2.75, 3.05) is 13.3 Å². The van der Waals surface area contributed by atoms with Gasteiger partial charge in [-0.05, 0) is 33.0 Å². The molecule has 20 heavy (non-hydrogen) atoms. The van der Waals surface area contributed by atoms with E-state index in [1.807, 2.05) is 38.4 Å². The Kier molecular flexibility index (Phi) is 4.27. The third kappa shape index (κ3) is 3.08. The molecule has 1 aromatic carbocycles. The number of thiazole rings is 1. The molecule has 0 aliphatic carbocycles. The van der Waals surface area contributed by atoms with Crippen LogP contribution in [0.25, 0.3) is 11.3 Å². The molecule has 1 atom stereocenters. The number of aryl methyl sites for hydroxylation is 1. The summed E-state index contributed by atoms with van der Waals surface area (Å²) in [6, 6.07) is 5.49. The molecule has 1 unspecified atom stereocenters. The van der Waals surface area contributed by atoms with Gasteiger partial charge in [-0.15, -0.1) is 11.3 Å². The first-order chi connectivity index (χ1) is 9.32. The van der Waals surface area contributed by atoms with Crippen LogP contribution in [-0.2, 0) is 9.84 Å². The molecule has 2 rings (SSSR count). The van der Waals surface area contributed by atoms with Crippen molar-refractivity contribution in [2.45, 2.75) is 24.8 Å². The van der Waals surface area contributed by atoms with Crippen molar-refractivity contribution in [1.82, 2.24) is 10.3 Å². The van der Waals surface area contributed by atoms with Crippen LogP contribution in [0.15, 0.2) is 28.5 Å². The summed E-state index contributed by atoms with van der Waals surface area (Å²) < 4.78 is 23.8. The lowest BCUT2D eigenvalue weighted by molar-refractivity contribution is 0.602. The zero-order valence-corrected chi connectivity index (χ0v) is 13.6. The summed E-state index contributed by atoms with van der Waals surface area (Å²) in [6.45, 7) is 3.97. The van der Waals surface area contributed by atoms with Gasteiger partial charge in [-0.2, -0.15) is 0 Å². The molecule has 0 spiro atoms. The van der Waals surface area contributed by atoms with Crippen LogP contribution in [0, 0.1) is 6.92 Å². The maximum absolute atomic E-state index is 11.9. The molecule has 0 amide bonds. The third-order valence-electron chi connectivity index (χ3n) is 3.14. The minimum absolute atomic E-state index is 0.153. The minimum Gasteiger partial charge on any atom is -0.311 e. The Morgan fingerprint density at radius 3 is 2.65 bits per heavy atom. The molecular formula is C14H18N2O2S2. The van der Waals surface area contributed by atoms with E-state index < -0.39 is 9.84 Å². The van der Waals surface area contributed by atoms with Gasteiger partial charge < -0.3 is 5.32 Å². The molecule has 1 heterocycles. The van der Waals surface area contributed by atoms with Gasteiger partial charge in [-0.1, -0.05) is 11.6 Å². The Balaban J connectivity index is 2.57. The molecule has 0 aliphatic heterocycles. The molecular weight excluding hydrogens is 292 g/mol. The molecule has 0 aliphatic rings. The fraction of sp³-hybridized carbons (Fsp3) is 0.357. The normalized spacial score (nSPS) is 13.4. The summed E-state index contributed by atoms with van der Waals surface area (Å²) in [7, 11) is -1.39. The van der Waals surface area contributed by atoms with Gasteiger partial charge in [-0.3, -0.25) is 0 Å². The van der Waals surface area contributed by atoms with Crippen molar-refractivity contribution in [2.24, 2.45) is 0 Å². The first-order valence-corrected chi connectivity index (χ1v) is 9.04.